The Morgan fingerprint density at radius 3 is 2.69 bits per heavy atom. The molecular weight excluding hydrogens is 388 g/mol. The van der Waals surface area contributed by atoms with Crippen molar-refractivity contribution < 1.29 is 32.7 Å². The first-order chi connectivity index (χ1) is 12.0. The molecule has 3 rings (SSSR count). The minimum absolute atomic E-state index is 0.182. The van der Waals surface area contributed by atoms with E-state index in [0.29, 0.717) is 11.2 Å². The van der Waals surface area contributed by atoms with Crippen LogP contribution in [-0.2, 0) is 22.9 Å². The lowest BCUT2D eigenvalue weighted by Gasteiger charge is -2.20. The number of hydrogen-bond acceptors (Lipinski definition) is 9. The SMILES string of the molecule is CP(=O)(O)OC[C@H]1OC(n2cnc3c(N)ncnc32)C[C@@H]1OP(C)(=O)O. The highest BCUT2D eigenvalue weighted by Crippen LogP contribution is 2.45. The minimum atomic E-state index is -3.81. The molecule has 1 saturated heterocycles. The Bertz CT molecular complexity index is 893. The van der Waals surface area contributed by atoms with Crippen molar-refractivity contribution in [3.63, 3.8) is 0 Å². The summed E-state index contributed by atoms with van der Waals surface area (Å²) in [6, 6.07) is 0. The first kappa shape index (κ1) is 19.4. The molecule has 4 N–H and O–H groups in total. The fraction of sp³-hybridized carbons (Fsp3) is 0.583. The Morgan fingerprint density at radius 2 is 2.04 bits per heavy atom. The molecule has 5 atom stereocenters. The van der Waals surface area contributed by atoms with Crippen LogP contribution in [0.25, 0.3) is 11.2 Å². The number of nitrogens with zero attached hydrogens (tertiary/aromatic N) is 4. The van der Waals surface area contributed by atoms with Crippen LogP contribution in [0.4, 0.5) is 5.82 Å². The topological polar surface area (TPSA) is 172 Å². The van der Waals surface area contributed by atoms with Gasteiger partial charge in [-0.1, -0.05) is 0 Å². The Labute approximate surface area is 148 Å². The smallest absolute Gasteiger partial charge is 0.325 e. The molecule has 3 heterocycles. The van der Waals surface area contributed by atoms with Crippen LogP contribution in [0.15, 0.2) is 12.7 Å². The first-order valence-electron chi connectivity index (χ1n) is 7.55. The van der Waals surface area contributed by atoms with E-state index in [1.807, 2.05) is 0 Å². The van der Waals surface area contributed by atoms with E-state index in [0.717, 1.165) is 13.3 Å². The lowest BCUT2D eigenvalue weighted by Crippen LogP contribution is -2.28. The second-order valence-corrected chi connectivity index (χ2v) is 9.67. The fourth-order valence-electron chi connectivity index (χ4n) is 2.68. The molecule has 0 aliphatic carbocycles. The molecule has 0 radical (unpaired) electrons. The van der Waals surface area contributed by atoms with Crippen molar-refractivity contribution in [2.24, 2.45) is 0 Å². The Morgan fingerprint density at radius 1 is 1.31 bits per heavy atom. The van der Waals surface area contributed by atoms with Gasteiger partial charge in [-0.25, -0.2) is 15.0 Å². The second-order valence-electron chi connectivity index (χ2n) is 5.99. The van der Waals surface area contributed by atoms with Gasteiger partial charge in [0.1, 0.15) is 24.2 Å². The van der Waals surface area contributed by atoms with Crippen LogP contribution in [0.5, 0.6) is 0 Å². The number of hydrogen-bond donors (Lipinski definition) is 3. The summed E-state index contributed by atoms with van der Waals surface area (Å²) < 4.78 is 40.5. The van der Waals surface area contributed by atoms with Gasteiger partial charge < -0.3 is 29.3 Å². The van der Waals surface area contributed by atoms with E-state index in [-0.39, 0.29) is 18.8 Å². The van der Waals surface area contributed by atoms with E-state index in [1.54, 1.807) is 4.57 Å². The lowest BCUT2D eigenvalue weighted by atomic mass is 10.2. The molecule has 0 spiro atoms. The highest BCUT2D eigenvalue weighted by atomic mass is 31.2. The van der Waals surface area contributed by atoms with E-state index < -0.39 is 33.6 Å². The normalized spacial score (nSPS) is 28.1. The van der Waals surface area contributed by atoms with Gasteiger partial charge in [0, 0.05) is 19.8 Å². The number of nitrogen functional groups attached to an aromatic ring is 1. The molecule has 2 aromatic heterocycles. The molecule has 0 bridgehead atoms. The highest BCUT2D eigenvalue weighted by Gasteiger charge is 2.41. The number of nitrogens with two attached hydrogens (primary N) is 1. The van der Waals surface area contributed by atoms with Gasteiger partial charge in [-0.05, 0) is 0 Å². The molecule has 0 aromatic carbocycles. The minimum Gasteiger partial charge on any atom is -0.382 e. The van der Waals surface area contributed by atoms with E-state index in [1.165, 1.54) is 12.7 Å². The highest BCUT2D eigenvalue weighted by molar-refractivity contribution is 7.52. The van der Waals surface area contributed by atoms with Crippen molar-refractivity contribution in [1.82, 2.24) is 19.5 Å². The quantitative estimate of drug-likeness (QED) is 0.576. The molecule has 2 aromatic rings. The molecule has 1 aliphatic rings. The molecule has 1 fully saturated rings. The molecule has 0 saturated carbocycles. The Kier molecular flexibility index (Phi) is 5.19. The summed E-state index contributed by atoms with van der Waals surface area (Å²) >= 11 is 0. The Hall–Kier alpha value is -1.39. The first-order valence-corrected chi connectivity index (χ1v) is 11.6. The van der Waals surface area contributed by atoms with Crippen LogP contribution in [0.3, 0.4) is 0 Å². The third kappa shape index (κ3) is 4.47. The molecular formula is C12H19N5O7P2. The summed E-state index contributed by atoms with van der Waals surface area (Å²) in [5.41, 5.74) is 6.58. The van der Waals surface area contributed by atoms with Crippen molar-refractivity contribution in [3.05, 3.63) is 12.7 Å². The number of rotatable bonds is 6. The predicted molar refractivity (Wildman–Crippen MR) is 90.6 cm³/mol. The molecule has 14 heteroatoms. The van der Waals surface area contributed by atoms with Crippen LogP contribution in [0, 0.1) is 0 Å². The monoisotopic (exact) mass is 407 g/mol. The summed E-state index contributed by atoms with van der Waals surface area (Å²) in [4.78, 5) is 31.0. The van der Waals surface area contributed by atoms with E-state index in [9.17, 15) is 18.9 Å². The van der Waals surface area contributed by atoms with Gasteiger partial charge in [0.05, 0.1) is 19.0 Å². The lowest BCUT2D eigenvalue weighted by molar-refractivity contribution is -0.0364. The number of anilines is 1. The zero-order valence-corrected chi connectivity index (χ0v) is 15.8. The zero-order chi connectivity index (χ0) is 19.1. The largest absolute Gasteiger partial charge is 0.382 e. The molecule has 1 aliphatic heterocycles. The number of aromatic nitrogens is 4. The van der Waals surface area contributed by atoms with Crippen molar-refractivity contribution in [2.45, 2.75) is 24.9 Å². The maximum atomic E-state index is 11.6. The summed E-state index contributed by atoms with van der Waals surface area (Å²) in [6.07, 6.45) is 0.617. The van der Waals surface area contributed by atoms with Gasteiger partial charge >= 0.3 is 15.2 Å². The molecule has 12 nitrogen and oxygen atoms in total. The maximum Gasteiger partial charge on any atom is 0.325 e. The summed E-state index contributed by atoms with van der Waals surface area (Å²) in [5, 5.41) is 0. The standard InChI is InChI=1S/C12H19N5O7P2/c1-25(18,19)22-4-8-7(24-26(2,20)21)3-9(23-8)17-6-16-10-11(13)14-5-15-12(10)17/h5-9H,3-4H2,1-2H3,(H,18,19)(H,20,21)(H2,13,14,15)/t7-,8+,9?/m0/s1. The van der Waals surface area contributed by atoms with Gasteiger partial charge in [0.15, 0.2) is 11.5 Å². The molecule has 144 valence electrons. The van der Waals surface area contributed by atoms with Gasteiger partial charge in [0.25, 0.3) is 0 Å². The predicted octanol–water partition coefficient (Wildman–Crippen LogP) is 0.728. The third-order valence-corrected chi connectivity index (χ3v) is 4.98. The van der Waals surface area contributed by atoms with Gasteiger partial charge in [-0.3, -0.25) is 13.7 Å². The molecule has 0 amide bonds. The number of imidazole rings is 1. The van der Waals surface area contributed by atoms with Crippen molar-refractivity contribution in [2.75, 3.05) is 25.7 Å². The fourth-order valence-corrected chi connectivity index (χ4v) is 3.82. The third-order valence-electron chi connectivity index (χ3n) is 3.69. The van der Waals surface area contributed by atoms with Crippen LogP contribution in [0.1, 0.15) is 12.6 Å². The van der Waals surface area contributed by atoms with Gasteiger partial charge in [0.2, 0.25) is 0 Å². The summed E-state index contributed by atoms with van der Waals surface area (Å²) in [5.74, 6) is 0.208. The second kappa shape index (κ2) is 6.97. The van der Waals surface area contributed by atoms with Gasteiger partial charge in [-0.2, -0.15) is 0 Å². The van der Waals surface area contributed by atoms with Crippen LogP contribution >= 0.6 is 15.2 Å². The van der Waals surface area contributed by atoms with Gasteiger partial charge in [-0.15, -0.1) is 0 Å². The maximum absolute atomic E-state index is 11.6. The summed E-state index contributed by atoms with van der Waals surface area (Å²) in [6.45, 7) is 1.81. The molecule has 3 unspecified atom stereocenters. The van der Waals surface area contributed by atoms with Crippen molar-refractivity contribution in [1.29, 1.82) is 0 Å². The zero-order valence-electron chi connectivity index (χ0n) is 14.0. The average molecular weight is 407 g/mol. The Balaban J connectivity index is 1.85. The number of ether oxygens (including phenoxy) is 1. The van der Waals surface area contributed by atoms with Crippen LogP contribution < -0.4 is 5.73 Å². The van der Waals surface area contributed by atoms with E-state index in [2.05, 4.69) is 15.0 Å². The van der Waals surface area contributed by atoms with E-state index in [4.69, 9.17) is 19.5 Å². The van der Waals surface area contributed by atoms with Crippen molar-refractivity contribution >= 4 is 32.2 Å². The van der Waals surface area contributed by atoms with Crippen LogP contribution in [-0.4, -0.2) is 61.5 Å². The number of fused-ring (bicyclic) bond motifs is 1. The molecule has 26 heavy (non-hydrogen) atoms. The van der Waals surface area contributed by atoms with E-state index >= 15 is 0 Å². The van der Waals surface area contributed by atoms with Crippen LogP contribution in [0.2, 0.25) is 0 Å². The van der Waals surface area contributed by atoms with Crippen molar-refractivity contribution in [3.8, 4) is 0 Å². The summed E-state index contributed by atoms with van der Waals surface area (Å²) in [7, 11) is -7.56. The average Bonchev–Trinajstić information content (AvgIpc) is 3.07.